The molecule has 1 aliphatic rings. The molecule has 2 N–H and O–H groups in total. The molecule has 0 radical (unpaired) electrons. The fraction of sp³-hybridized carbons (Fsp3) is 0.364. The summed E-state index contributed by atoms with van der Waals surface area (Å²) >= 11 is 0. The largest absolute Gasteiger partial charge is 0.496 e. The predicted octanol–water partition coefficient (Wildman–Crippen LogP) is 3.47. The van der Waals surface area contributed by atoms with E-state index in [2.05, 4.69) is 5.32 Å². The van der Waals surface area contributed by atoms with Crippen molar-refractivity contribution in [2.24, 2.45) is 0 Å². The van der Waals surface area contributed by atoms with Crippen molar-refractivity contribution < 1.29 is 32.6 Å². The summed E-state index contributed by atoms with van der Waals surface area (Å²) < 4.78 is 48.7. The number of hydrogen-bond acceptors (Lipinski definition) is 4. The first-order valence-corrected chi connectivity index (χ1v) is 9.74. The van der Waals surface area contributed by atoms with Crippen LogP contribution in [0.25, 0.3) is 0 Å². The van der Waals surface area contributed by atoms with Gasteiger partial charge in [0, 0.05) is 24.3 Å². The highest BCUT2D eigenvalue weighted by Gasteiger charge is 2.47. The number of amides is 2. The number of anilines is 1. The molecule has 2 aromatic rings. The molecule has 3 rings (SSSR count). The van der Waals surface area contributed by atoms with Gasteiger partial charge in [-0.25, -0.2) is 4.39 Å². The topological polar surface area (TPSA) is 78.9 Å². The summed E-state index contributed by atoms with van der Waals surface area (Å²) in [6.07, 6.45) is -0.175. The van der Waals surface area contributed by atoms with Gasteiger partial charge in [-0.1, -0.05) is 0 Å². The molecule has 0 bridgehead atoms. The first-order chi connectivity index (χ1) is 14.6. The highest BCUT2D eigenvalue weighted by atomic mass is 19.3. The van der Waals surface area contributed by atoms with E-state index in [1.807, 2.05) is 0 Å². The molecule has 2 aromatic carbocycles. The molecule has 0 unspecified atom stereocenters. The summed E-state index contributed by atoms with van der Waals surface area (Å²) in [5, 5.41) is 12.1. The number of benzene rings is 2. The number of aryl methyl sites for hydroxylation is 1. The van der Waals surface area contributed by atoms with Crippen LogP contribution in [0.1, 0.15) is 34.3 Å². The lowest BCUT2D eigenvalue weighted by atomic mass is 10.0. The van der Waals surface area contributed by atoms with E-state index in [-0.39, 0.29) is 37.2 Å². The van der Waals surface area contributed by atoms with Crippen LogP contribution in [0.2, 0.25) is 0 Å². The number of halogens is 3. The maximum atomic E-state index is 15.1. The van der Waals surface area contributed by atoms with Gasteiger partial charge in [-0.15, -0.1) is 0 Å². The van der Waals surface area contributed by atoms with Gasteiger partial charge in [-0.3, -0.25) is 9.59 Å². The quantitative estimate of drug-likeness (QED) is 0.753. The normalized spacial score (nSPS) is 15.0. The number of aliphatic hydroxyl groups is 1. The van der Waals surface area contributed by atoms with Gasteiger partial charge in [-0.05, 0) is 61.7 Å². The minimum atomic E-state index is -3.93. The first kappa shape index (κ1) is 22.6. The molecule has 1 aliphatic heterocycles. The van der Waals surface area contributed by atoms with Gasteiger partial charge in [0.1, 0.15) is 11.6 Å². The molecule has 1 fully saturated rings. The molecule has 6 nitrogen and oxygen atoms in total. The number of ether oxygens (including phenoxy) is 1. The molecule has 31 heavy (non-hydrogen) atoms. The number of nitrogens with one attached hydrogen (secondary N) is 1. The van der Waals surface area contributed by atoms with Crippen LogP contribution >= 0.6 is 0 Å². The van der Waals surface area contributed by atoms with Gasteiger partial charge < -0.3 is 20.1 Å². The number of nitrogens with zero attached hydrogens (tertiary/aromatic N) is 1. The molecule has 2 amide bonds. The smallest absolute Gasteiger partial charge is 0.353 e. The zero-order valence-electron chi connectivity index (χ0n) is 17.1. The number of carbonyl (C=O) groups is 2. The van der Waals surface area contributed by atoms with E-state index in [0.29, 0.717) is 11.3 Å². The van der Waals surface area contributed by atoms with Crippen molar-refractivity contribution in [2.45, 2.75) is 31.8 Å². The van der Waals surface area contributed by atoms with Crippen molar-refractivity contribution in [1.82, 2.24) is 4.90 Å². The molecule has 166 valence electrons. The third kappa shape index (κ3) is 4.82. The fourth-order valence-electron chi connectivity index (χ4n) is 3.40. The van der Waals surface area contributed by atoms with Crippen molar-refractivity contribution in [3.8, 4) is 5.75 Å². The van der Waals surface area contributed by atoms with Gasteiger partial charge in [0.05, 0.1) is 18.8 Å². The third-order valence-corrected chi connectivity index (χ3v) is 5.24. The van der Waals surface area contributed by atoms with Crippen molar-refractivity contribution in [1.29, 1.82) is 0 Å². The number of likely N-dealkylation sites (tertiary alicyclic amines) is 1. The van der Waals surface area contributed by atoms with Crippen LogP contribution < -0.4 is 10.1 Å². The highest BCUT2D eigenvalue weighted by molar-refractivity contribution is 6.04. The van der Waals surface area contributed by atoms with Crippen LogP contribution in [0.3, 0.4) is 0 Å². The maximum absolute atomic E-state index is 15.1. The molecule has 0 atom stereocenters. The zero-order chi connectivity index (χ0) is 22.8. The van der Waals surface area contributed by atoms with Crippen molar-refractivity contribution >= 4 is 17.5 Å². The summed E-state index contributed by atoms with van der Waals surface area (Å²) in [4.78, 5) is 26.1. The van der Waals surface area contributed by atoms with Crippen LogP contribution in [0.5, 0.6) is 5.75 Å². The van der Waals surface area contributed by atoms with E-state index in [9.17, 15) is 19.1 Å². The van der Waals surface area contributed by atoms with Crippen molar-refractivity contribution in [2.75, 3.05) is 25.5 Å². The third-order valence-electron chi connectivity index (χ3n) is 5.24. The highest BCUT2D eigenvalue weighted by Crippen LogP contribution is 2.38. The second-order valence-electron chi connectivity index (χ2n) is 7.43. The fourth-order valence-corrected chi connectivity index (χ4v) is 3.40. The minimum Gasteiger partial charge on any atom is -0.496 e. The lowest BCUT2D eigenvalue weighted by Gasteiger charge is -2.32. The van der Waals surface area contributed by atoms with E-state index < -0.39 is 35.2 Å². The molecule has 1 heterocycles. The van der Waals surface area contributed by atoms with E-state index in [4.69, 9.17) is 4.74 Å². The Bertz CT molecular complexity index is 989. The number of rotatable bonds is 5. The maximum Gasteiger partial charge on any atom is 0.353 e. The summed E-state index contributed by atoms with van der Waals surface area (Å²) in [5.74, 6) is -6.71. The number of aliphatic hydroxyl groups excluding tert-OH is 1. The van der Waals surface area contributed by atoms with E-state index in [1.54, 1.807) is 0 Å². The lowest BCUT2D eigenvalue weighted by Crippen LogP contribution is -2.47. The second kappa shape index (κ2) is 8.97. The molecule has 9 heteroatoms. The van der Waals surface area contributed by atoms with E-state index in [0.717, 1.165) is 11.0 Å². The first-order valence-electron chi connectivity index (χ1n) is 9.74. The standard InChI is InChI=1S/C22H23F3N2O4/c1-13-11-15(4-5-18(13)23)26-20(29)14-3-6-19(31-2)17(12-14)22(24,25)21(30)27-9-7-16(28)8-10-27/h3-6,11-12,16,28H,7-10H2,1-2H3,(H,26,29). The Morgan fingerprint density at radius 1 is 1.16 bits per heavy atom. The Hall–Kier alpha value is -3.07. The Balaban J connectivity index is 1.87. The Kier molecular flexibility index (Phi) is 6.54. The van der Waals surface area contributed by atoms with Gasteiger partial charge >= 0.3 is 5.92 Å². The van der Waals surface area contributed by atoms with Crippen LogP contribution in [-0.4, -0.2) is 48.1 Å². The minimum absolute atomic E-state index is 0.0159. The summed E-state index contributed by atoms with van der Waals surface area (Å²) in [7, 11) is 1.19. The van der Waals surface area contributed by atoms with Gasteiger partial charge in [-0.2, -0.15) is 8.78 Å². The molecule has 0 aromatic heterocycles. The lowest BCUT2D eigenvalue weighted by molar-refractivity contribution is -0.161. The summed E-state index contributed by atoms with van der Waals surface area (Å²) in [6, 6.07) is 7.37. The van der Waals surface area contributed by atoms with Crippen molar-refractivity contribution in [3.63, 3.8) is 0 Å². The monoisotopic (exact) mass is 436 g/mol. The van der Waals surface area contributed by atoms with Gasteiger partial charge in [0.25, 0.3) is 11.8 Å². The second-order valence-corrected chi connectivity index (χ2v) is 7.43. The molecule has 0 spiro atoms. The van der Waals surface area contributed by atoms with E-state index >= 15 is 8.78 Å². The van der Waals surface area contributed by atoms with Gasteiger partial charge in [0.2, 0.25) is 0 Å². The number of alkyl halides is 2. The number of piperidine rings is 1. The molecular formula is C22H23F3N2O4. The number of hydrogen-bond donors (Lipinski definition) is 2. The molecule has 0 aliphatic carbocycles. The molecular weight excluding hydrogens is 413 g/mol. The van der Waals surface area contributed by atoms with Crippen LogP contribution in [0.4, 0.5) is 18.9 Å². The average Bonchev–Trinajstić information content (AvgIpc) is 2.75. The number of carbonyl (C=O) groups excluding carboxylic acids is 2. The van der Waals surface area contributed by atoms with Gasteiger partial charge in [0.15, 0.2) is 0 Å². The predicted molar refractivity (Wildman–Crippen MR) is 108 cm³/mol. The number of methoxy groups -OCH3 is 1. The van der Waals surface area contributed by atoms with Crippen LogP contribution in [-0.2, 0) is 10.7 Å². The summed E-state index contributed by atoms with van der Waals surface area (Å²) in [5.41, 5.74) is -0.221. The average molecular weight is 436 g/mol. The molecule has 0 saturated carbocycles. The van der Waals surface area contributed by atoms with E-state index in [1.165, 1.54) is 44.4 Å². The SMILES string of the molecule is COc1ccc(C(=O)Nc2ccc(F)c(C)c2)cc1C(F)(F)C(=O)N1CCC(O)CC1. The Labute approximate surface area is 177 Å². The Morgan fingerprint density at radius 2 is 1.84 bits per heavy atom. The van der Waals surface area contributed by atoms with Crippen LogP contribution in [0.15, 0.2) is 36.4 Å². The zero-order valence-corrected chi connectivity index (χ0v) is 17.1. The van der Waals surface area contributed by atoms with Crippen LogP contribution in [0, 0.1) is 12.7 Å². The Morgan fingerprint density at radius 3 is 2.45 bits per heavy atom. The van der Waals surface area contributed by atoms with Crippen molar-refractivity contribution in [3.05, 3.63) is 58.9 Å². The molecule has 1 saturated heterocycles. The summed E-state index contributed by atoms with van der Waals surface area (Å²) in [6.45, 7) is 1.56.